The van der Waals surface area contributed by atoms with Crippen molar-refractivity contribution in [2.75, 3.05) is 0 Å². The zero-order valence-electron chi connectivity index (χ0n) is 8.04. The van der Waals surface area contributed by atoms with Gasteiger partial charge in [-0.25, -0.2) is 4.21 Å². The fraction of sp³-hybridized carbons (Fsp3) is 0.273. The van der Waals surface area contributed by atoms with Crippen LogP contribution in [0.1, 0.15) is 19.4 Å². The summed E-state index contributed by atoms with van der Waals surface area (Å²) in [6.45, 7) is 7.75. The SMILES string of the molecule is C=C1Cc2ccccc2S1=O.CC. The highest BCUT2D eigenvalue weighted by atomic mass is 32.2. The van der Waals surface area contributed by atoms with Crippen molar-refractivity contribution in [2.45, 2.75) is 25.2 Å². The maximum Gasteiger partial charge on any atom is 0.0808 e. The molecule has 1 aliphatic heterocycles. The van der Waals surface area contributed by atoms with Crippen LogP contribution in [-0.2, 0) is 17.2 Å². The number of allylic oxidation sites excluding steroid dienone is 1. The Morgan fingerprint density at radius 1 is 1.31 bits per heavy atom. The van der Waals surface area contributed by atoms with Gasteiger partial charge in [0.25, 0.3) is 0 Å². The Bertz CT molecular complexity index is 342. The molecule has 13 heavy (non-hydrogen) atoms. The van der Waals surface area contributed by atoms with E-state index < -0.39 is 10.8 Å². The van der Waals surface area contributed by atoms with Crippen LogP contribution in [0, 0.1) is 0 Å². The molecule has 2 rings (SSSR count). The number of benzene rings is 1. The number of fused-ring (bicyclic) bond motifs is 1. The summed E-state index contributed by atoms with van der Waals surface area (Å²) in [5, 5.41) is 0. The highest BCUT2D eigenvalue weighted by Gasteiger charge is 2.20. The quantitative estimate of drug-likeness (QED) is 0.620. The second-order valence-electron chi connectivity index (χ2n) is 2.59. The van der Waals surface area contributed by atoms with Gasteiger partial charge < -0.3 is 0 Å². The van der Waals surface area contributed by atoms with Crippen LogP contribution >= 0.6 is 0 Å². The van der Waals surface area contributed by atoms with Crippen LogP contribution in [0.5, 0.6) is 0 Å². The summed E-state index contributed by atoms with van der Waals surface area (Å²) in [6, 6.07) is 7.79. The molecule has 0 radical (unpaired) electrons. The lowest BCUT2D eigenvalue weighted by atomic mass is 10.2. The molecule has 2 heteroatoms. The smallest absolute Gasteiger partial charge is 0.0808 e. The minimum Gasteiger partial charge on any atom is -0.249 e. The standard InChI is InChI=1S/C9H8OS.C2H6/c1-7-6-8-4-2-3-5-9(8)11(7)10;1-2/h2-5H,1,6H2;1-2H3. The van der Waals surface area contributed by atoms with E-state index in [0.717, 1.165) is 21.8 Å². The van der Waals surface area contributed by atoms with Gasteiger partial charge in [-0.15, -0.1) is 0 Å². The molecule has 0 spiro atoms. The first kappa shape index (κ1) is 10.2. The molecule has 1 aromatic carbocycles. The third-order valence-corrected chi connectivity index (χ3v) is 3.29. The zero-order valence-corrected chi connectivity index (χ0v) is 8.86. The average Bonchev–Trinajstić information content (AvgIpc) is 2.47. The molecule has 0 saturated heterocycles. The summed E-state index contributed by atoms with van der Waals surface area (Å²) in [4.78, 5) is 1.77. The third kappa shape index (κ3) is 1.89. The summed E-state index contributed by atoms with van der Waals surface area (Å²) in [6.07, 6.45) is 0.781. The summed E-state index contributed by atoms with van der Waals surface area (Å²) < 4.78 is 11.4. The second kappa shape index (κ2) is 4.38. The van der Waals surface area contributed by atoms with Gasteiger partial charge in [-0.3, -0.25) is 0 Å². The van der Waals surface area contributed by atoms with Crippen molar-refractivity contribution in [3.05, 3.63) is 41.3 Å². The first-order chi connectivity index (χ1) is 6.29. The molecule has 0 aliphatic carbocycles. The molecule has 0 fully saturated rings. The lowest BCUT2D eigenvalue weighted by Crippen LogP contribution is -1.83. The summed E-state index contributed by atoms with van der Waals surface area (Å²) in [7, 11) is -0.937. The van der Waals surface area contributed by atoms with Crippen molar-refractivity contribution in [2.24, 2.45) is 0 Å². The topological polar surface area (TPSA) is 17.1 Å². The second-order valence-corrected chi connectivity index (χ2v) is 4.15. The molecule has 1 nitrogen and oxygen atoms in total. The Morgan fingerprint density at radius 3 is 2.54 bits per heavy atom. The van der Waals surface area contributed by atoms with E-state index in [4.69, 9.17) is 0 Å². The molecular formula is C11H14OS. The van der Waals surface area contributed by atoms with E-state index in [1.165, 1.54) is 0 Å². The van der Waals surface area contributed by atoms with Crippen LogP contribution in [-0.4, -0.2) is 4.21 Å². The summed E-state index contributed by atoms with van der Waals surface area (Å²) >= 11 is 0. The van der Waals surface area contributed by atoms with Gasteiger partial charge in [0, 0.05) is 16.2 Å². The van der Waals surface area contributed by atoms with Gasteiger partial charge >= 0.3 is 0 Å². The molecule has 1 heterocycles. The third-order valence-electron chi connectivity index (χ3n) is 1.82. The molecule has 0 saturated carbocycles. The minimum atomic E-state index is -0.937. The molecular weight excluding hydrogens is 180 g/mol. The Morgan fingerprint density at radius 2 is 1.92 bits per heavy atom. The molecule has 0 bridgehead atoms. The van der Waals surface area contributed by atoms with Gasteiger partial charge in [-0.05, 0) is 11.6 Å². The highest BCUT2D eigenvalue weighted by molar-refractivity contribution is 7.89. The van der Waals surface area contributed by atoms with E-state index in [1.807, 2.05) is 38.1 Å². The lowest BCUT2D eigenvalue weighted by Gasteiger charge is -1.92. The van der Waals surface area contributed by atoms with Gasteiger partial charge in [0.1, 0.15) is 0 Å². The van der Waals surface area contributed by atoms with Crippen LogP contribution < -0.4 is 0 Å². The first-order valence-electron chi connectivity index (χ1n) is 4.46. The maximum absolute atomic E-state index is 11.4. The van der Waals surface area contributed by atoms with Crippen molar-refractivity contribution >= 4 is 10.8 Å². The number of rotatable bonds is 0. The van der Waals surface area contributed by atoms with Gasteiger partial charge in [-0.1, -0.05) is 38.6 Å². The average molecular weight is 194 g/mol. The molecule has 1 atom stereocenters. The van der Waals surface area contributed by atoms with Crippen LogP contribution in [0.2, 0.25) is 0 Å². The van der Waals surface area contributed by atoms with E-state index in [0.29, 0.717) is 0 Å². The summed E-state index contributed by atoms with van der Waals surface area (Å²) in [5.41, 5.74) is 1.16. The predicted molar refractivity (Wildman–Crippen MR) is 57.0 cm³/mol. The van der Waals surface area contributed by atoms with Gasteiger partial charge in [-0.2, -0.15) is 0 Å². The minimum absolute atomic E-state index is 0.781. The van der Waals surface area contributed by atoms with Gasteiger partial charge in [0.15, 0.2) is 0 Å². The van der Waals surface area contributed by atoms with Crippen LogP contribution in [0.15, 0.2) is 40.6 Å². The molecule has 1 unspecified atom stereocenters. The number of hydrogen-bond donors (Lipinski definition) is 0. The lowest BCUT2D eigenvalue weighted by molar-refractivity contribution is 0.688. The maximum atomic E-state index is 11.4. The van der Waals surface area contributed by atoms with Gasteiger partial charge in [0.2, 0.25) is 0 Å². The van der Waals surface area contributed by atoms with Crippen LogP contribution in [0.3, 0.4) is 0 Å². The van der Waals surface area contributed by atoms with E-state index in [2.05, 4.69) is 6.58 Å². The Kier molecular flexibility index (Phi) is 3.43. The monoisotopic (exact) mass is 194 g/mol. The van der Waals surface area contributed by atoms with Crippen molar-refractivity contribution < 1.29 is 4.21 Å². The molecule has 0 amide bonds. The van der Waals surface area contributed by atoms with Crippen LogP contribution in [0.4, 0.5) is 0 Å². The Hall–Kier alpha value is -0.890. The zero-order chi connectivity index (χ0) is 9.84. The Labute approximate surface area is 81.9 Å². The Balaban J connectivity index is 0.000000396. The largest absolute Gasteiger partial charge is 0.249 e. The van der Waals surface area contributed by atoms with E-state index in [9.17, 15) is 4.21 Å². The number of hydrogen-bond acceptors (Lipinski definition) is 1. The fourth-order valence-electron chi connectivity index (χ4n) is 1.26. The molecule has 1 aromatic rings. The van der Waals surface area contributed by atoms with Crippen molar-refractivity contribution in [1.82, 2.24) is 0 Å². The van der Waals surface area contributed by atoms with Gasteiger partial charge in [0.05, 0.1) is 10.8 Å². The van der Waals surface area contributed by atoms with Crippen LogP contribution in [0.25, 0.3) is 0 Å². The molecule has 0 aromatic heterocycles. The molecule has 70 valence electrons. The normalized spacial score (nSPS) is 18.9. The van der Waals surface area contributed by atoms with E-state index in [1.54, 1.807) is 0 Å². The fourth-order valence-corrected chi connectivity index (χ4v) is 2.44. The van der Waals surface area contributed by atoms with Crippen molar-refractivity contribution in [3.8, 4) is 0 Å². The van der Waals surface area contributed by atoms with Crippen molar-refractivity contribution in [1.29, 1.82) is 0 Å². The highest BCUT2D eigenvalue weighted by Crippen LogP contribution is 2.28. The summed E-state index contributed by atoms with van der Waals surface area (Å²) in [5.74, 6) is 0. The van der Waals surface area contributed by atoms with E-state index >= 15 is 0 Å². The first-order valence-corrected chi connectivity index (χ1v) is 5.61. The molecule has 0 N–H and O–H groups in total. The van der Waals surface area contributed by atoms with E-state index in [-0.39, 0.29) is 0 Å². The predicted octanol–water partition coefficient (Wildman–Crippen LogP) is 2.89. The van der Waals surface area contributed by atoms with Crippen molar-refractivity contribution in [3.63, 3.8) is 0 Å². The molecule has 1 aliphatic rings.